The first-order valence-electron chi connectivity index (χ1n) is 8.23. The molecule has 0 radical (unpaired) electrons. The molecule has 2 aliphatic heterocycles. The zero-order chi connectivity index (χ0) is 15.5. The van der Waals surface area contributed by atoms with Crippen LogP contribution in [0.3, 0.4) is 0 Å². The van der Waals surface area contributed by atoms with E-state index in [2.05, 4.69) is 6.92 Å². The lowest BCUT2D eigenvalue weighted by Crippen LogP contribution is -2.50. The van der Waals surface area contributed by atoms with Crippen molar-refractivity contribution in [2.45, 2.75) is 52.4 Å². The lowest BCUT2D eigenvalue weighted by Gasteiger charge is -2.38. The highest BCUT2D eigenvalue weighted by atomic mass is 16.4. The van der Waals surface area contributed by atoms with Gasteiger partial charge in [0.2, 0.25) is 0 Å². The minimum atomic E-state index is -0.741. The van der Waals surface area contributed by atoms with Gasteiger partial charge in [0.1, 0.15) is 0 Å². The minimum absolute atomic E-state index is 0.110. The molecule has 5 heteroatoms. The van der Waals surface area contributed by atoms with Crippen molar-refractivity contribution in [2.24, 2.45) is 11.3 Å². The van der Waals surface area contributed by atoms with E-state index in [1.54, 1.807) is 6.92 Å². The summed E-state index contributed by atoms with van der Waals surface area (Å²) in [5.74, 6) is 0.00890. The van der Waals surface area contributed by atoms with Gasteiger partial charge in [0.25, 0.3) is 0 Å². The van der Waals surface area contributed by atoms with Crippen molar-refractivity contribution in [1.29, 1.82) is 0 Å². The quantitative estimate of drug-likeness (QED) is 0.852. The SMILES string of the molecule is CCC1CCCN(C(=O)N2CCC(C)(C(=O)O)CC2)CC1. The summed E-state index contributed by atoms with van der Waals surface area (Å²) in [4.78, 5) is 27.7. The molecule has 5 nitrogen and oxygen atoms in total. The number of nitrogens with zero attached hydrogens (tertiary/aromatic N) is 2. The number of hydrogen-bond acceptors (Lipinski definition) is 2. The van der Waals surface area contributed by atoms with Crippen molar-refractivity contribution in [1.82, 2.24) is 9.80 Å². The summed E-state index contributed by atoms with van der Waals surface area (Å²) in [5, 5.41) is 9.25. The van der Waals surface area contributed by atoms with E-state index in [0.717, 1.165) is 31.8 Å². The van der Waals surface area contributed by atoms with E-state index in [0.29, 0.717) is 25.9 Å². The zero-order valence-corrected chi connectivity index (χ0v) is 13.3. The van der Waals surface area contributed by atoms with Crippen LogP contribution in [0.4, 0.5) is 4.79 Å². The van der Waals surface area contributed by atoms with Crippen LogP contribution >= 0.6 is 0 Å². The number of likely N-dealkylation sites (tertiary alicyclic amines) is 2. The van der Waals surface area contributed by atoms with Crippen LogP contribution in [0, 0.1) is 11.3 Å². The number of urea groups is 1. The van der Waals surface area contributed by atoms with E-state index in [1.165, 1.54) is 12.8 Å². The van der Waals surface area contributed by atoms with Gasteiger partial charge in [-0.3, -0.25) is 4.79 Å². The van der Waals surface area contributed by atoms with Gasteiger partial charge >= 0.3 is 12.0 Å². The Hall–Kier alpha value is -1.26. The molecule has 2 aliphatic rings. The van der Waals surface area contributed by atoms with E-state index < -0.39 is 11.4 Å². The van der Waals surface area contributed by atoms with Crippen LogP contribution in [0.1, 0.15) is 52.4 Å². The highest BCUT2D eigenvalue weighted by molar-refractivity contribution is 5.77. The van der Waals surface area contributed by atoms with E-state index >= 15 is 0 Å². The Labute approximate surface area is 127 Å². The van der Waals surface area contributed by atoms with Crippen molar-refractivity contribution in [3.8, 4) is 0 Å². The van der Waals surface area contributed by atoms with E-state index in [-0.39, 0.29) is 6.03 Å². The van der Waals surface area contributed by atoms with Gasteiger partial charge in [0.05, 0.1) is 5.41 Å². The standard InChI is InChI=1S/C16H28N2O3/c1-3-13-5-4-9-17(10-6-13)15(21)18-11-7-16(2,8-12-18)14(19)20/h13H,3-12H2,1-2H3,(H,19,20). The highest BCUT2D eigenvalue weighted by Gasteiger charge is 2.38. The summed E-state index contributed by atoms with van der Waals surface area (Å²) < 4.78 is 0. The Morgan fingerprint density at radius 3 is 2.29 bits per heavy atom. The molecule has 1 N–H and O–H groups in total. The number of carbonyl (C=O) groups excluding carboxylic acids is 1. The fourth-order valence-electron chi connectivity index (χ4n) is 3.37. The van der Waals surface area contributed by atoms with Gasteiger partial charge in [0.15, 0.2) is 0 Å². The average molecular weight is 296 g/mol. The normalized spacial score (nSPS) is 26.3. The lowest BCUT2D eigenvalue weighted by atomic mass is 9.80. The minimum Gasteiger partial charge on any atom is -0.481 e. The van der Waals surface area contributed by atoms with Crippen LogP contribution in [0.15, 0.2) is 0 Å². The number of carboxylic acid groups (broad SMARTS) is 1. The number of amides is 2. The predicted octanol–water partition coefficient (Wildman–Crippen LogP) is 2.81. The molecule has 2 heterocycles. The first-order chi connectivity index (χ1) is 9.96. The summed E-state index contributed by atoms with van der Waals surface area (Å²) in [7, 11) is 0. The molecule has 1 unspecified atom stereocenters. The maximum Gasteiger partial charge on any atom is 0.319 e. The van der Waals surface area contributed by atoms with Crippen molar-refractivity contribution >= 4 is 12.0 Å². The maximum atomic E-state index is 12.6. The Bertz CT molecular complexity index is 389. The fourth-order valence-corrected chi connectivity index (χ4v) is 3.37. The Kier molecular flexibility index (Phi) is 5.12. The number of rotatable bonds is 2. The molecule has 0 aromatic carbocycles. The third-order valence-corrected chi connectivity index (χ3v) is 5.35. The summed E-state index contributed by atoms with van der Waals surface area (Å²) in [6, 6.07) is 0.110. The van der Waals surface area contributed by atoms with Crippen LogP contribution < -0.4 is 0 Å². The van der Waals surface area contributed by atoms with Gasteiger partial charge in [-0.2, -0.15) is 0 Å². The topological polar surface area (TPSA) is 60.9 Å². The molecule has 1 atom stereocenters. The number of carboxylic acids is 1. The van der Waals surface area contributed by atoms with Gasteiger partial charge in [-0.05, 0) is 44.9 Å². The monoisotopic (exact) mass is 296 g/mol. The molecule has 2 amide bonds. The number of carbonyl (C=O) groups is 2. The van der Waals surface area contributed by atoms with Gasteiger partial charge in [-0.15, -0.1) is 0 Å². The maximum absolute atomic E-state index is 12.6. The molecule has 2 fully saturated rings. The summed E-state index contributed by atoms with van der Waals surface area (Å²) >= 11 is 0. The van der Waals surface area contributed by atoms with Crippen molar-refractivity contribution in [3.05, 3.63) is 0 Å². The predicted molar refractivity (Wildman–Crippen MR) is 81.2 cm³/mol. The van der Waals surface area contributed by atoms with E-state index in [9.17, 15) is 14.7 Å². The van der Waals surface area contributed by atoms with Crippen LogP contribution in [0.25, 0.3) is 0 Å². The molecule has 0 bridgehead atoms. The lowest BCUT2D eigenvalue weighted by molar-refractivity contribution is -0.150. The fraction of sp³-hybridized carbons (Fsp3) is 0.875. The third-order valence-electron chi connectivity index (χ3n) is 5.35. The molecule has 0 aromatic heterocycles. The van der Waals surface area contributed by atoms with Gasteiger partial charge in [-0.25, -0.2) is 4.79 Å². The molecule has 2 saturated heterocycles. The van der Waals surface area contributed by atoms with E-state index in [4.69, 9.17) is 0 Å². The van der Waals surface area contributed by atoms with Gasteiger partial charge in [0, 0.05) is 26.2 Å². The summed E-state index contributed by atoms with van der Waals surface area (Å²) in [5.41, 5.74) is -0.664. The summed E-state index contributed by atoms with van der Waals surface area (Å²) in [6.45, 7) is 6.84. The average Bonchev–Trinajstić information content (AvgIpc) is 2.72. The Morgan fingerprint density at radius 2 is 1.71 bits per heavy atom. The summed E-state index contributed by atoms with van der Waals surface area (Å²) in [6.07, 6.45) is 5.72. The Balaban J connectivity index is 1.88. The Morgan fingerprint density at radius 1 is 1.10 bits per heavy atom. The number of piperidine rings is 1. The zero-order valence-electron chi connectivity index (χ0n) is 13.3. The molecule has 0 aliphatic carbocycles. The van der Waals surface area contributed by atoms with Crippen molar-refractivity contribution in [2.75, 3.05) is 26.2 Å². The van der Waals surface area contributed by atoms with Crippen molar-refractivity contribution < 1.29 is 14.7 Å². The molecule has 120 valence electrons. The smallest absolute Gasteiger partial charge is 0.319 e. The van der Waals surface area contributed by atoms with Gasteiger partial charge in [-0.1, -0.05) is 13.3 Å². The molecule has 0 spiro atoms. The first kappa shape index (κ1) is 16.1. The number of aliphatic carboxylic acids is 1. The third kappa shape index (κ3) is 3.69. The largest absolute Gasteiger partial charge is 0.481 e. The van der Waals surface area contributed by atoms with Crippen LogP contribution in [0.2, 0.25) is 0 Å². The highest BCUT2D eigenvalue weighted by Crippen LogP contribution is 2.31. The molecule has 0 saturated carbocycles. The van der Waals surface area contributed by atoms with Crippen LogP contribution in [-0.2, 0) is 4.79 Å². The molecule has 21 heavy (non-hydrogen) atoms. The van der Waals surface area contributed by atoms with Gasteiger partial charge < -0.3 is 14.9 Å². The van der Waals surface area contributed by atoms with Crippen LogP contribution in [0.5, 0.6) is 0 Å². The molecular weight excluding hydrogens is 268 g/mol. The van der Waals surface area contributed by atoms with Crippen LogP contribution in [-0.4, -0.2) is 53.1 Å². The molecule has 2 rings (SSSR count). The first-order valence-corrected chi connectivity index (χ1v) is 8.23. The van der Waals surface area contributed by atoms with Crippen molar-refractivity contribution in [3.63, 3.8) is 0 Å². The van der Waals surface area contributed by atoms with E-state index in [1.807, 2.05) is 9.80 Å². The molecular formula is C16H28N2O3. The number of hydrogen-bond donors (Lipinski definition) is 1. The second-order valence-corrected chi connectivity index (χ2v) is 6.83. The second-order valence-electron chi connectivity index (χ2n) is 6.83. The second kappa shape index (κ2) is 6.67. The molecule has 0 aromatic rings.